The Kier molecular flexibility index (Phi) is 6.01. The average molecular weight is 343 g/mol. The van der Waals surface area contributed by atoms with Crippen LogP contribution in [0.5, 0.6) is 0 Å². The Morgan fingerprint density at radius 1 is 1.17 bits per heavy atom. The van der Waals surface area contributed by atoms with Crippen molar-refractivity contribution in [2.75, 3.05) is 20.6 Å². The molecule has 0 saturated carbocycles. The molecule has 0 saturated heterocycles. The number of rotatable bonds is 5. The monoisotopic (exact) mass is 342 g/mol. The summed E-state index contributed by atoms with van der Waals surface area (Å²) in [6.45, 7) is 1.60. The molecule has 0 spiro atoms. The second-order valence-electron chi connectivity index (χ2n) is 6.37. The molecule has 1 aliphatic heterocycles. The summed E-state index contributed by atoms with van der Waals surface area (Å²) in [7, 11) is 4.19. The first-order valence-electron chi connectivity index (χ1n) is 8.03. The fourth-order valence-corrected chi connectivity index (χ4v) is 3.40. The highest BCUT2D eigenvalue weighted by Crippen LogP contribution is 2.45. The average Bonchev–Trinajstić information content (AvgIpc) is 2.94. The molecule has 2 aromatic carbocycles. The molecule has 3 nitrogen and oxygen atoms in total. The molecule has 0 fully saturated rings. The van der Waals surface area contributed by atoms with Gasteiger partial charge in [0.1, 0.15) is 5.60 Å². The van der Waals surface area contributed by atoms with Gasteiger partial charge in [-0.05, 0) is 62.3 Å². The van der Waals surface area contributed by atoms with E-state index in [-0.39, 0.29) is 18.0 Å². The lowest BCUT2D eigenvalue weighted by Crippen LogP contribution is -2.28. The number of benzene rings is 2. The van der Waals surface area contributed by atoms with Crippen LogP contribution in [0.3, 0.4) is 0 Å². The van der Waals surface area contributed by atoms with Gasteiger partial charge in [-0.25, -0.2) is 0 Å². The van der Waals surface area contributed by atoms with Gasteiger partial charge in [-0.3, -0.25) is 0 Å². The van der Waals surface area contributed by atoms with Crippen LogP contribution < -0.4 is 0 Å². The maximum absolute atomic E-state index is 9.12. The molecule has 1 heterocycles. The molecule has 126 valence electrons. The first-order valence-corrected chi connectivity index (χ1v) is 8.03. The van der Waals surface area contributed by atoms with Crippen LogP contribution in [-0.4, -0.2) is 25.5 Å². The summed E-state index contributed by atoms with van der Waals surface area (Å²) >= 11 is 0. The number of nitrogens with zero attached hydrogens (tertiary/aromatic N) is 2. The first kappa shape index (κ1) is 18.5. The van der Waals surface area contributed by atoms with Crippen LogP contribution in [-0.2, 0) is 16.9 Å². The summed E-state index contributed by atoms with van der Waals surface area (Å²) in [4.78, 5) is 2.20. The Morgan fingerprint density at radius 3 is 2.58 bits per heavy atom. The van der Waals surface area contributed by atoms with Gasteiger partial charge in [-0.2, -0.15) is 5.26 Å². The second-order valence-corrected chi connectivity index (χ2v) is 6.37. The molecule has 1 unspecified atom stereocenters. The van der Waals surface area contributed by atoms with E-state index in [9.17, 15) is 0 Å². The van der Waals surface area contributed by atoms with E-state index < -0.39 is 0 Å². The standard InChI is InChI=1S/C20H22N2O.ClH/c1-22(2)12-6-11-20(18-7-4-3-5-8-18)19-10-9-16(14-21)13-17(19)15-23-20;/h3-5,7-10,13H,6,11-12,15H2,1-2H3;1H. The highest BCUT2D eigenvalue weighted by Gasteiger charge is 2.41. The minimum Gasteiger partial charge on any atom is -0.361 e. The van der Waals surface area contributed by atoms with Crippen molar-refractivity contribution in [3.63, 3.8) is 0 Å². The third-order valence-corrected chi connectivity index (χ3v) is 4.52. The van der Waals surface area contributed by atoms with Crippen LogP contribution >= 0.6 is 12.4 Å². The van der Waals surface area contributed by atoms with Crippen molar-refractivity contribution in [2.45, 2.75) is 25.0 Å². The summed E-state index contributed by atoms with van der Waals surface area (Å²) in [6.07, 6.45) is 2.00. The van der Waals surface area contributed by atoms with Gasteiger partial charge in [0.15, 0.2) is 0 Å². The SMILES string of the molecule is CN(C)CCCC1(c2ccccc2)OCc2cc(C#N)ccc21.Cl. The largest absolute Gasteiger partial charge is 0.361 e. The van der Waals surface area contributed by atoms with Crippen LogP contribution in [0.15, 0.2) is 48.5 Å². The minimum atomic E-state index is -0.388. The van der Waals surface area contributed by atoms with Crippen LogP contribution in [0.2, 0.25) is 0 Å². The molecule has 24 heavy (non-hydrogen) atoms. The van der Waals surface area contributed by atoms with Crippen LogP contribution in [0.25, 0.3) is 0 Å². The Hall–Kier alpha value is -1.86. The van der Waals surface area contributed by atoms with Crippen molar-refractivity contribution in [1.82, 2.24) is 4.90 Å². The van der Waals surface area contributed by atoms with Crippen molar-refractivity contribution < 1.29 is 4.74 Å². The van der Waals surface area contributed by atoms with Crippen LogP contribution in [0.4, 0.5) is 0 Å². The smallest absolute Gasteiger partial charge is 0.119 e. The van der Waals surface area contributed by atoms with E-state index in [1.165, 1.54) is 11.1 Å². The predicted molar refractivity (Wildman–Crippen MR) is 98.2 cm³/mol. The van der Waals surface area contributed by atoms with E-state index in [2.05, 4.69) is 55.4 Å². The molecule has 0 aliphatic carbocycles. The van der Waals surface area contributed by atoms with Gasteiger partial charge in [0.25, 0.3) is 0 Å². The third-order valence-electron chi connectivity index (χ3n) is 4.52. The summed E-state index contributed by atoms with van der Waals surface area (Å²) in [5.41, 5.74) is 3.85. The zero-order valence-corrected chi connectivity index (χ0v) is 15.0. The summed E-state index contributed by atoms with van der Waals surface area (Å²) in [6, 6.07) is 18.6. The molecular formula is C20H23ClN2O. The Morgan fingerprint density at radius 2 is 1.92 bits per heavy atom. The van der Waals surface area contributed by atoms with Crippen molar-refractivity contribution in [2.24, 2.45) is 0 Å². The van der Waals surface area contributed by atoms with Gasteiger partial charge in [-0.1, -0.05) is 36.4 Å². The zero-order valence-electron chi connectivity index (χ0n) is 14.2. The Balaban J connectivity index is 0.00000208. The summed E-state index contributed by atoms with van der Waals surface area (Å²) in [5, 5.41) is 9.12. The molecular weight excluding hydrogens is 320 g/mol. The van der Waals surface area contributed by atoms with Crippen LogP contribution in [0.1, 0.15) is 35.1 Å². The van der Waals surface area contributed by atoms with Gasteiger partial charge in [-0.15, -0.1) is 12.4 Å². The molecule has 0 radical (unpaired) electrons. The topological polar surface area (TPSA) is 36.3 Å². The van der Waals surface area contributed by atoms with E-state index in [4.69, 9.17) is 10.00 Å². The van der Waals surface area contributed by atoms with Gasteiger partial charge in [0.05, 0.1) is 18.2 Å². The minimum absolute atomic E-state index is 0. The van der Waals surface area contributed by atoms with Gasteiger partial charge in [0, 0.05) is 0 Å². The van der Waals surface area contributed by atoms with Crippen LogP contribution in [0, 0.1) is 11.3 Å². The maximum atomic E-state index is 9.12. The van der Waals surface area contributed by atoms with Crippen molar-refractivity contribution in [3.8, 4) is 6.07 Å². The first-order chi connectivity index (χ1) is 11.2. The highest BCUT2D eigenvalue weighted by atomic mass is 35.5. The van der Waals surface area contributed by atoms with Crippen molar-refractivity contribution >= 4 is 12.4 Å². The lowest BCUT2D eigenvalue weighted by Gasteiger charge is -2.31. The lowest BCUT2D eigenvalue weighted by molar-refractivity contribution is -0.0139. The summed E-state index contributed by atoms with van der Waals surface area (Å²) in [5.74, 6) is 0. The number of hydrogen-bond donors (Lipinski definition) is 0. The van der Waals surface area contributed by atoms with Crippen molar-refractivity contribution in [3.05, 3.63) is 70.8 Å². The third kappa shape index (κ3) is 3.47. The molecule has 0 N–H and O–H groups in total. The molecule has 1 aliphatic rings. The molecule has 0 bridgehead atoms. The van der Waals surface area contributed by atoms with E-state index >= 15 is 0 Å². The summed E-state index contributed by atoms with van der Waals surface area (Å²) < 4.78 is 6.35. The Bertz CT molecular complexity index is 724. The van der Waals surface area contributed by atoms with Gasteiger partial charge < -0.3 is 9.64 Å². The molecule has 4 heteroatoms. The molecule has 3 rings (SSSR count). The van der Waals surface area contributed by atoms with E-state index in [1.807, 2.05) is 18.2 Å². The van der Waals surface area contributed by atoms with Gasteiger partial charge in [0.2, 0.25) is 0 Å². The van der Waals surface area contributed by atoms with E-state index in [1.54, 1.807) is 0 Å². The number of ether oxygens (including phenoxy) is 1. The second kappa shape index (κ2) is 7.81. The number of halogens is 1. The fourth-order valence-electron chi connectivity index (χ4n) is 3.40. The molecule has 1 atom stereocenters. The maximum Gasteiger partial charge on any atom is 0.119 e. The normalized spacial score (nSPS) is 18.8. The molecule has 0 amide bonds. The van der Waals surface area contributed by atoms with Gasteiger partial charge >= 0.3 is 0 Å². The number of fused-ring (bicyclic) bond motifs is 1. The fraction of sp³-hybridized carbons (Fsp3) is 0.350. The van der Waals surface area contributed by atoms with E-state index in [0.717, 1.165) is 24.9 Å². The number of nitriles is 1. The lowest BCUT2D eigenvalue weighted by atomic mass is 9.81. The molecule has 2 aromatic rings. The Labute approximate surface area is 150 Å². The quantitative estimate of drug-likeness (QED) is 0.821. The van der Waals surface area contributed by atoms with E-state index in [0.29, 0.717) is 12.2 Å². The number of hydrogen-bond acceptors (Lipinski definition) is 3. The van der Waals surface area contributed by atoms with Crippen molar-refractivity contribution in [1.29, 1.82) is 5.26 Å². The highest BCUT2D eigenvalue weighted by molar-refractivity contribution is 5.85. The zero-order chi connectivity index (χ0) is 16.3. The molecule has 0 aromatic heterocycles. The predicted octanol–water partition coefficient (Wildman–Crippen LogP) is 4.10.